The third-order valence-corrected chi connectivity index (χ3v) is 4.55. The lowest BCUT2D eigenvalue weighted by atomic mass is 10.0. The summed E-state index contributed by atoms with van der Waals surface area (Å²) in [5, 5.41) is 4.86. The first-order chi connectivity index (χ1) is 8.92. The lowest BCUT2D eigenvalue weighted by Gasteiger charge is -2.07. The third kappa shape index (κ3) is 1.50. The van der Waals surface area contributed by atoms with Crippen LogP contribution in [-0.2, 0) is 6.54 Å². The molecule has 0 amide bonds. The lowest BCUT2D eigenvalue weighted by Crippen LogP contribution is -2.12. The average Bonchev–Trinajstić information content (AvgIpc) is 3.02. The van der Waals surface area contributed by atoms with Crippen molar-refractivity contribution in [2.75, 3.05) is 0 Å². The van der Waals surface area contributed by atoms with Gasteiger partial charge in [0.25, 0.3) is 0 Å². The molecule has 2 heteroatoms. The fraction of sp³-hybridized carbons (Fsp3) is 0.0625. The van der Waals surface area contributed by atoms with E-state index >= 15 is 0 Å². The van der Waals surface area contributed by atoms with Crippen molar-refractivity contribution in [1.82, 2.24) is 5.32 Å². The minimum atomic E-state index is 0.944. The average molecular weight is 250 g/mol. The number of hydrogen-bond donors (Lipinski definition) is 1. The molecule has 2 heterocycles. The van der Waals surface area contributed by atoms with E-state index < -0.39 is 0 Å². The van der Waals surface area contributed by atoms with E-state index in [1.54, 1.807) is 0 Å². The van der Waals surface area contributed by atoms with Crippen molar-refractivity contribution in [3.63, 3.8) is 0 Å². The first-order valence-electron chi connectivity index (χ1n) is 6.10. The summed E-state index contributed by atoms with van der Waals surface area (Å²) in [5.41, 5.74) is 2.74. The van der Waals surface area contributed by atoms with Gasteiger partial charge in [-0.05, 0) is 28.6 Å². The highest BCUT2D eigenvalue weighted by Gasteiger charge is 2.25. The lowest BCUT2D eigenvalue weighted by molar-refractivity contribution is 0.828. The van der Waals surface area contributed by atoms with Gasteiger partial charge in [0.2, 0.25) is 0 Å². The highest BCUT2D eigenvalue weighted by molar-refractivity contribution is 7.19. The second-order valence-corrected chi connectivity index (χ2v) is 5.62. The molecule has 1 N–H and O–H groups in total. The van der Waals surface area contributed by atoms with Crippen LogP contribution >= 0.6 is 11.3 Å². The Morgan fingerprint density at radius 1 is 0.944 bits per heavy atom. The molecule has 0 bridgehead atoms. The summed E-state index contributed by atoms with van der Waals surface area (Å²) in [6.07, 6.45) is 0. The van der Waals surface area contributed by atoms with Crippen molar-refractivity contribution in [2.24, 2.45) is 0 Å². The summed E-state index contributed by atoms with van der Waals surface area (Å²) in [6.45, 7) is 0.944. The normalized spacial score (nSPS) is 15.1. The maximum atomic E-state index is 3.53. The van der Waals surface area contributed by atoms with E-state index in [4.69, 9.17) is 0 Å². The van der Waals surface area contributed by atoms with Crippen LogP contribution in [0.15, 0.2) is 54.6 Å². The Balaban J connectivity index is 1.85. The van der Waals surface area contributed by atoms with Crippen LogP contribution in [-0.4, -0.2) is 0 Å². The molecule has 3 aromatic rings. The molecule has 2 aromatic carbocycles. The first kappa shape index (κ1) is 10.3. The molecular formula is C16H12NS. The number of nitrogens with one attached hydrogen (secondary N) is 1. The van der Waals surface area contributed by atoms with Crippen molar-refractivity contribution < 1.29 is 0 Å². The summed E-state index contributed by atoms with van der Waals surface area (Å²) >= 11 is 1.86. The van der Waals surface area contributed by atoms with Gasteiger partial charge in [-0.1, -0.05) is 42.5 Å². The van der Waals surface area contributed by atoms with E-state index in [0.717, 1.165) is 6.54 Å². The molecule has 0 spiro atoms. The van der Waals surface area contributed by atoms with Crippen molar-refractivity contribution in [3.05, 3.63) is 76.6 Å². The highest BCUT2D eigenvalue weighted by atomic mass is 32.1. The van der Waals surface area contributed by atoms with E-state index in [0.29, 0.717) is 0 Å². The minimum Gasteiger partial charge on any atom is -0.297 e. The first-order valence-corrected chi connectivity index (χ1v) is 6.91. The smallest absolute Gasteiger partial charge is 0.107 e. The molecule has 1 radical (unpaired) electrons. The van der Waals surface area contributed by atoms with Crippen LogP contribution in [0.3, 0.4) is 0 Å². The van der Waals surface area contributed by atoms with Crippen molar-refractivity contribution in [2.45, 2.75) is 6.54 Å². The van der Waals surface area contributed by atoms with Crippen LogP contribution in [0.1, 0.15) is 16.0 Å². The van der Waals surface area contributed by atoms with Crippen molar-refractivity contribution in [3.8, 4) is 0 Å². The molecular weight excluding hydrogens is 238 g/mol. The minimum absolute atomic E-state index is 0.944. The van der Waals surface area contributed by atoms with E-state index in [1.165, 1.54) is 32.1 Å². The van der Waals surface area contributed by atoms with Gasteiger partial charge in [0.05, 0.1) is 0 Å². The molecule has 0 saturated heterocycles. The van der Waals surface area contributed by atoms with Gasteiger partial charge in [0.1, 0.15) is 6.04 Å². The van der Waals surface area contributed by atoms with Crippen LogP contribution in [0, 0.1) is 6.04 Å². The van der Waals surface area contributed by atoms with Crippen molar-refractivity contribution in [1.29, 1.82) is 0 Å². The summed E-state index contributed by atoms with van der Waals surface area (Å²) in [7, 11) is 0. The van der Waals surface area contributed by atoms with E-state index in [9.17, 15) is 0 Å². The zero-order valence-corrected chi connectivity index (χ0v) is 10.6. The van der Waals surface area contributed by atoms with Gasteiger partial charge in [-0.15, -0.1) is 11.3 Å². The zero-order chi connectivity index (χ0) is 11.9. The molecule has 0 fully saturated rings. The van der Waals surface area contributed by atoms with Gasteiger partial charge in [-0.25, -0.2) is 0 Å². The van der Waals surface area contributed by atoms with E-state index in [-0.39, 0.29) is 0 Å². The molecule has 0 atom stereocenters. The van der Waals surface area contributed by atoms with Crippen LogP contribution in [0.25, 0.3) is 10.1 Å². The van der Waals surface area contributed by atoms with Crippen LogP contribution in [0.5, 0.6) is 0 Å². The largest absolute Gasteiger partial charge is 0.297 e. The van der Waals surface area contributed by atoms with Crippen LogP contribution in [0.2, 0.25) is 0 Å². The fourth-order valence-electron chi connectivity index (χ4n) is 2.52. The highest BCUT2D eigenvalue weighted by Crippen LogP contribution is 2.36. The number of hydrogen-bond acceptors (Lipinski definition) is 2. The van der Waals surface area contributed by atoms with Gasteiger partial charge in [0.15, 0.2) is 0 Å². The molecule has 1 aliphatic rings. The number of fused-ring (bicyclic) bond motifs is 2. The summed E-state index contributed by atoms with van der Waals surface area (Å²) in [4.78, 5) is 1.33. The summed E-state index contributed by atoms with van der Waals surface area (Å²) in [6, 6.07) is 20.7. The molecule has 1 aromatic heterocycles. The second-order valence-electron chi connectivity index (χ2n) is 4.53. The molecule has 18 heavy (non-hydrogen) atoms. The molecule has 1 aliphatic heterocycles. The Bertz CT molecular complexity index is 681. The van der Waals surface area contributed by atoms with Crippen LogP contribution < -0.4 is 5.32 Å². The quantitative estimate of drug-likeness (QED) is 0.690. The Kier molecular flexibility index (Phi) is 2.25. The molecule has 4 rings (SSSR count). The fourth-order valence-corrected chi connectivity index (χ4v) is 3.62. The third-order valence-electron chi connectivity index (χ3n) is 3.41. The van der Waals surface area contributed by atoms with Gasteiger partial charge in [0, 0.05) is 16.1 Å². The Hall–Kier alpha value is -1.64. The Morgan fingerprint density at radius 2 is 1.78 bits per heavy atom. The summed E-state index contributed by atoms with van der Waals surface area (Å²) in [5.74, 6) is 0. The predicted octanol–water partition coefficient (Wildman–Crippen LogP) is 3.93. The van der Waals surface area contributed by atoms with E-state index in [1.807, 2.05) is 11.3 Å². The molecule has 1 nitrogen and oxygen atoms in total. The molecule has 87 valence electrons. The maximum Gasteiger partial charge on any atom is 0.107 e. The number of thiophene rings is 1. The van der Waals surface area contributed by atoms with Gasteiger partial charge >= 0.3 is 0 Å². The standard InChI is InChI=1S/C16H12NS/c1-3-7-13-12(6-1)10-17-16(13)15-9-11-5-2-4-8-14(11)18-15/h1-9,17H,10H2. The molecule has 0 unspecified atom stereocenters. The van der Waals surface area contributed by atoms with Crippen molar-refractivity contribution >= 4 is 21.4 Å². The number of rotatable bonds is 1. The van der Waals surface area contributed by atoms with E-state index in [2.05, 4.69) is 59.9 Å². The zero-order valence-electron chi connectivity index (χ0n) is 9.81. The Morgan fingerprint density at radius 3 is 2.72 bits per heavy atom. The SMILES string of the molecule is c1ccc2c(c1)CN[C]2c1cc2ccccc2s1. The molecule has 0 aliphatic carbocycles. The van der Waals surface area contributed by atoms with Crippen LogP contribution in [0.4, 0.5) is 0 Å². The van der Waals surface area contributed by atoms with Gasteiger partial charge < -0.3 is 0 Å². The summed E-state index contributed by atoms with van der Waals surface area (Å²) < 4.78 is 1.35. The second kappa shape index (κ2) is 3.94. The molecule has 0 saturated carbocycles. The van der Waals surface area contributed by atoms with Gasteiger partial charge in [-0.2, -0.15) is 0 Å². The predicted molar refractivity (Wildman–Crippen MR) is 76.6 cm³/mol. The number of benzene rings is 2. The monoisotopic (exact) mass is 250 g/mol. The van der Waals surface area contributed by atoms with Gasteiger partial charge in [-0.3, -0.25) is 5.32 Å². The Labute approximate surface area is 110 Å². The maximum absolute atomic E-state index is 3.53. The topological polar surface area (TPSA) is 12.0 Å².